The van der Waals surface area contributed by atoms with Gasteiger partial charge in [-0.2, -0.15) is 0 Å². The molecule has 0 saturated carbocycles. The molecule has 1 heterocycles. The second kappa shape index (κ2) is 4.55. The molecule has 1 aromatic carbocycles. The Balaban J connectivity index is 2.48. The van der Waals surface area contributed by atoms with Gasteiger partial charge in [0.25, 0.3) is 0 Å². The number of anilines is 2. The Morgan fingerprint density at radius 2 is 2.00 bits per heavy atom. The van der Waals surface area contributed by atoms with E-state index in [1.54, 1.807) is 30.5 Å². The number of aromatic nitrogens is 1. The van der Waals surface area contributed by atoms with Gasteiger partial charge in [0.1, 0.15) is 0 Å². The molecule has 0 spiro atoms. The molecule has 4 N–H and O–H groups in total. The molecule has 0 saturated heterocycles. The molecular weight excluding hydrogens is 282 g/mol. The number of hydrogen-bond acceptors (Lipinski definition) is 4. The van der Waals surface area contributed by atoms with Crippen LogP contribution < -0.4 is 11.5 Å². The number of carbonyl (C=O) groups excluding carboxylic acids is 1. The predicted molar refractivity (Wildman–Crippen MR) is 70.6 cm³/mol. The lowest BCUT2D eigenvalue weighted by atomic mass is 10.0. The van der Waals surface area contributed by atoms with E-state index in [2.05, 4.69) is 20.9 Å². The highest BCUT2D eigenvalue weighted by atomic mass is 79.9. The highest BCUT2D eigenvalue weighted by Crippen LogP contribution is 2.21. The van der Waals surface area contributed by atoms with Gasteiger partial charge in [-0.15, -0.1) is 0 Å². The van der Waals surface area contributed by atoms with Crippen LogP contribution in [0.4, 0.5) is 11.4 Å². The lowest BCUT2D eigenvalue weighted by molar-refractivity contribution is 0.103. The van der Waals surface area contributed by atoms with Crippen molar-refractivity contribution in [3.8, 4) is 0 Å². The van der Waals surface area contributed by atoms with Crippen molar-refractivity contribution in [2.45, 2.75) is 0 Å². The first-order valence-electron chi connectivity index (χ1n) is 4.88. The lowest BCUT2D eigenvalue weighted by Crippen LogP contribution is -2.06. The van der Waals surface area contributed by atoms with E-state index in [4.69, 9.17) is 11.5 Å². The van der Waals surface area contributed by atoms with Crippen LogP contribution in [0, 0.1) is 0 Å². The molecule has 0 aliphatic heterocycles. The summed E-state index contributed by atoms with van der Waals surface area (Å²) in [6, 6.07) is 6.63. The maximum absolute atomic E-state index is 12.2. The SMILES string of the molecule is Nc1cc(Br)cc(C(=O)c2cnccc2N)c1. The van der Waals surface area contributed by atoms with Gasteiger partial charge in [-0.3, -0.25) is 9.78 Å². The van der Waals surface area contributed by atoms with E-state index >= 15 is 0 Å². The number of hydrogen-bond donors (Lipinski definition) is 2. The highest BCUT2D eigenvalue weighted by molar-refractivity contribution is 9.10. The Morgan fingerprint density at radius 3 is 2.65 bits per heavy atom. The summed E-state index contributed by atoms with van der Waals surface area (Å²) in [7, 11) is 0. The fourth-order valence-corrected chi connectivity index (χ4v) is 2.00. The molecule has 0 aliphatic rings. The second-order valence-corrected chi connectivity index (χ2v) is 4.48. The van der Waals surface area contributed by atoms with Crippen molar-refractivity contribution in [2.24, 2.45) is 0 Å². The molecule has 0 atom stereocenters. The molecule has 17 heavy (non-hydrogen) atoms. The number of nitrogens with two attached hydrogens (primary N) is 2. The lowest BCUT2D eigenvalue weighted by Gasteiger charge is -2.05. The molecule has 0 fully saturated rings. The molecule has 0 aliphatic carbocycles. The second-order valence-electron chi connectivity index (χ2n) is 3.57. The Kier molecular flexibility index (Phi) is 3.10. The molecule has 0 amide bonds. The van der Waals surface area contributed by atoms with Gasteiger partial charge in [0, 0.05) is 33.8 Å². The average molecular weight is 292 g/mol. The number of pyridine rings is 1. The van der Waals surface area contributed by atoms with E-state index in [9.17, 15) is 4.79 Å². The minimum absolute atomic E-state index is 0.191. The van der Waals surface area contributed by atoms with Crippen LogP contribution in [0.25, 0.3) is 0 Å². The van der Waals surface area contributed by atoms with E-state index in [-0.39, 0.29) is 5.78 Å². The van der Waals surface area contributed by atoms with Gasteiger partial charge in [0.2, 0.25) is 0 Å². The van der Waals surface area contributed by atoms with Gasteiger partial charge < -0.3 is 11.5 Å². The van der Waals surface area contributed by atoms with Crippen molar-refractivity contribution < 1.29 is 4.79 Å². The minimum Gasteiger partial charge on any atom is -0.399 e. The van der Waals surface area contributed by atoms with Crippen molar-refractivity contribution >= 4 is 33.1 Å². The zero-order chi connectivity index (χ0) is 12.4. The maximum Gasteiger partial charge on any atom is 0.196 e. The van der Waals surface area contributed by atoms with Crippen LogP contribution in [0.15, 0.2) is 41.1 Å². The number of benzene rings is 1. The highest BCUT2D eigenvalue weighted by Gasteiger charge is 2.13. The fraction of sp³-hybridized carbons (Fsp3) is 0. The molecule has 0 radical (unpaired) electrons. The van der Waals surface area contributed by atoms with Crippen LogP contribution in [0.5, 0.6) is 0 Å². The standard InChI is InChI=1S/C12H10BrN3O/c13-8-3-7(4-9(14)5-8)12(17)10-6-16-2-1-11(10)15/h1-6H,14H2,(H2,15,16). The molecule has 86 valence electrons. The summed E-state index contributed by atoms with van der Waals surface area (Å²) in [5.74, 6) is -0.191. The Bertz CT molecular complexity index is 563. The Labute approximate surface area is 107 Å². The summed E-state index contributed by atoms with van der Waals surface area (Å²) in [6.07, 6.45) is 3.00. The van der Waals surface area contributed by atoms with Crippen molar-refractivity contribution in [2.75, 3.05) is 11.5 Å². The number of nitrogens with zero attached hydrogens (tertiary/aromatic N) is 1. The normalized spacial score (nSPS) is 10.2. The number of ketones is 1. The maximum atomic E-state index is 12.2. The third kappa shape index (κ3) is 2.45. The summed E-state index contributed by atoms with van der Waals surface area (Å²) in [4.78, 5) is 16.1. The van der Waals surface area contributed by atoms with E-state index in [0.717, 1.165) is 4.47 Å². The molecule has 0 unspecified atom stereocenters. The van der Waals surface area contributed by atoms with Crippen LogP contribution in [0.2, 0.25) is 0 Å². The van der Waals surface area contributed by atoms with Crippen LogP contribution in [0.3, 0.4) is 0 Å². The molecule has 4 nitrogen and oxygen atoms in total. The zero-order valence-corrected chi connectivity index (χ0v) is 10.4. The van der Waals surface area contributed by atoms with Gasteiger partial charge >= 0.3 is 0 Å². The van der Waals surface area contributed by atoms with Crippen LogP contribution >= 0.6 is 15.9 Å². The zero-order valence-electron chi connectivity index (χ0n) is 8.85. The van der Waals surface area contributed by atoms with Crippen molar-refractivity contribution in [3.05, 3.63) is 52.3 Å². The first-order chi connectivity index (χ1) is 8.08. The minimum atomic E-state index is -0.191. The van der Waals surface area contributed by atoms with Crippen LogP contribution in [0.1, 0.15) is 15.9 Å². The summed E-state index contributed by atoms with van der Waals surface area (Å²) in [6.45, 7) is 0. The van der Waals surface area contributed by atoms with Gasteiger partial charge in [0.15, 0.2) is 5.78 Å². The summed E-state index contributed by atoms with van der Waals surface area (Å²) >= 11 is 3.29. The van der Waals surface area contributed by atoms with Gasteiger partial charge in [0.05, 0.1) is 5.56 Å². The van der Waals surface area contributed by atoms with Gasteiger partial charge in [-0.05, 0) is 24.3 Å². The third-order valence-corrected chi connectivity index (χ3v) is 2.74. The van der Waals surface area contributed by atoms with Crippen molar-refractivity contribution in [1.29, 1.82) is 0 Å². The topological polar surface area (TPSA) is 82.0 Å². The van der Waals surface area contributed by atoms with E-state index in [1.165, 1.54) is 6.20 Å². The molecule has 1 aromatic heterocycles. The predicted octanol–water partition coefficient (Wildman–Crippen LogP) is 2.24. The Morgan fingerprint density at radius 1 is 1.24 bits per heavy atom. The van der Waals surface area contributed by atoms with E-state index in [1.807, 2.05) is 0 Å². The molecular formula is C12H10BrN3O. The van der Waals surface area contributed by atoms with Crippen molar-refractivity contribution in [3.63, 3.8) is 0 Å². The van der Waals surface area contributed by atoms with Gasteiger partial charge in [-0.25, -0.2) is 0 Å². The number of carbonyl (C=O) groups is 1. The first-order valence-corrected chi connectivity index (χ1v) is 5.67. The summed E-state index contributed by atoms with van der Waals surface area (Å²) in [5.41, 5.74) is 13.2. The first kappa shape index (κ1) is 11.6. The smallest absolute Gasteiger partial charge is 0.196 e. The van der Waals surface area contributed by atoms with Crippen molar-refractivity contribution in [1.82, 2.24) is 4.98 Å². The fourth-order valence-electron chi connectivity index (χ4n) is 1.49. The number of halogens is 1. The number of nitrogen functional groups attached to an aromatic ring is 2. The summed E-state index contributed by atoms with van der Waals surface area (Å²) < 4.78 is 0.753. The largest absolute Gasteiger partial charge is 0.399 e. The molecule has 5 heteroatoms. The monoisotopic (exact) mass is 291 g/mol. The molecule has 2 aromatic rings. The van der Waals surface area contributed by atoms with Crippen LogP contribution in [-0.2, 0) is 0 Å². The average Bonchev–Trinajstić information content (AvgIpc) is 2.27. The number of rotatable bonds is 2. The Hall–Kier alpha value is -1.88. The van der Waals surface area contributed by atoms with E-state index in [0.29, 0.717) is 22.5 Å². The molecule has 2 rings (SSSR count). The summed E-state index contributed by atoms with van der Waals surface area (Å²) in [5, 5.41) is 0. The van der Waals surface area contributed by atoms with E-state index < -0.39 is 0 Å². The van der Waals surface area contributed by atoms with Crippen LogP contribution in [-0.4, -0.2) is 10.8 Å². The third-order valence-electron chi connectivity index (χ3n) is 2.28. The van der Waals surface area contributed by atoms with Gasteiger partial charge in [-0.1, -0.05) is 15.9 Å². The molecule has 0 bridgehead atoms. The quantitative estimate of drug-likeness (QED) is 0.657.